The molecule has 0 aromatic carbocycles. The monoisotopic (exact) mass is 177 g/mol. The molecule has 2 aromatic heterocycles. The summed E-state index contributed by atoms with van der Waals surface area (Å²) in [6.45, 7) is 1.84. The van der Waals surface area contributed by atoms with Gasteiger partial charge in [-0.25, -0.2) is 14.8 Å². The van der Waals surface area contributed by atoms with Gasteiger partial charge in [-0.1, -0.05) is 0 Å². The van der Waals surface area contributed by atoms with Crippen LogP contribution in [0.3, 0.4) is 0 Å². The van der Waals surface area contributed by atoms with E-state index in [1.54, 1.807) is 12.3 Å². The van der Waals surface area contributed by atoms with Crippen molar-refractivity contribution in [1.29, 1.82) is 0 Å². The van der Waals surface area contributed by atoms with Gasteiger partial charge < -0.3 is 5.11 Å². The van der Waals surface area contributed by atoms with E-state index in [0.717, 1.165) is 5.69 Å². The maximum atomic E-state index is 10.6. The smallest absolute Gasteiger partial charge is 0.372 e. The molecule has 0 spiro atoms. The van der Waals surface area contributed by atoms with E-state index in [2.05, 4.69) is 9.97 Å². The second kappa shape index (κ2) is 2.55. The summed E-state index contributed by atoms with van der Waals surface area (Å²) in [5, 5.41) is 8.73. The highest BCUT2D eigenvalue weighted by Gasteiger charge is 2.10. The lowest BCUT2D eigenvalue weighted by atomic mass is 10.4. The zero-order chi connectivity index (χ0) is 9.42. The largest absolute Gasteiger partial charge is 0.475 e. The third-order valence-corrected chi connectivity index (χ3v) is 1.72. The van der Waals surface area contributed by atoms with Crippen molar-refractivity contribution in [2.24, 2.45) is 0 Å². The Labute approximate surface area is 73.7 Å². The van der Waals surface area contributed by atoms with Crippen LogP contribution < -0.4 is 0 Å². The third kappa shape index (κ3) is 1.14. The standard InChI is InChI=1S/C8H7N3O2/c1-5-2-3-11-6(10-5)4-9-7(11)8(12)13/h2-4H,1H3,(H,12,13). The van der Waals surface area contributed by atoms with E-state index in [9.17, 15) is 4.79 Å². The van der Waals surface area contributed by atoms with Crippen LogP contribution in [0.4, 0.5) is 0 Å². The Morgan fingerprint density at radius 3 is 3.08 bits per heavy atom. The van der Waals surface area contributed by atoms with Gasteiger partial charge in [-0.15, -0.1) is 0 Å². The molecule has 0 aliphatic carbocycles. The molecule has 0 aliphatic heterocycles. The summed E-state index contributed by atoms with van der Waals surface area (Å²) in [5.74, 6) is -1.06. The number of hydrogen-bond acceptors (Lipinski definition) is 3. The number of aromatic nitrogens is 3. The summed E-state index contributed by atoms with van der Waals surface area (Å²) < 4.78 is 1.44. The Morgan fingerprint density at radius 2 is 2.38 bits per heavy atom. The lowest BCUT2D eigenvalue weighted by Gasteiger charge is -1.96. The van der Waals surface area contributed by atoms with Crippen molar-refractivity contribution < 1.29 is 9.90 Å². The molecule has 5 nitrogen and oxygen atoms in total. The predicted octanol–water partition coefficient (Wildman–Crippen LogP) is 0.736. The van der Waals surface area contributed by atoms with Crippen molar-refractivity contribution in [3.05, 3.63) is 30.0 Å². The average Bonchev–Trinajstić information content (AvgIpc) is 2.46. The molecule has 2 aromatic rings. The average molecular weight is 177 g/mol. The number of fused-ring (bicyclic) bond motifs is 1. The zero-order valence-corrected chi connectivity index (χ0v) is 6.93. The number of aromatic carboxylic acids is 1. The number of imidazole rings is 1. The molecule has 0 saturated heterocycles. The highest BCUT2D eigenvalue weighted by Crippen LogP contribution is 2.04. The van der Waals surface area contributed by atoms with Crippen LogP contribution in [0.15, 0.2) is 18.5 Å². The molecule has 2 heterocycles. The molecule has 0 radical (unpaired) electrons. The number of carboxylic acids is 1. The van der Waals surface area contributed by atoms with Gasteiger partial charge in [0, 0.05) is 11.9 Å². The molecule has 0 fully saturated rings. The SMILES string of the molecule is Cc1ccn2c(C(=O)O)ncc2n1. The minimum atomic E-state index is -1.05. The van der Waals surface area contributed by atoms with Crippen molar-refractivity contribution in [3.63, 3.8) is 0 Å². The number of hydrogen-bond donors (Lipinski definition) is 1. The molecule has 13 heavy (non-hydrogen) atoms. The van der Waals surface area contributed by atoms with Gasteiger partial charge in [-0.3, -0.25) is 4.40 Å². The Balaban J connectivity index is 2.76. The minimum Gasteiger partial charge on any atom is -0.475 e. The van der Waals surface area contributed by atoms with Crippen molar-refractivity contribution in [3.8, 4) is 0 Å². The molecular formula is C8H7N3O2. The third-order valence-electron chi connectivity index (χ3n) is 1.72. The second-order valence-electron chi connectivity index (χ2n) is 2.68. The van der Waals surface area contributed by atoms with E-state index in [-0.39, 0.29) is 5.82 Å². The van der Waals surface area contributed by atoms with E-state index in [1.807, 2.05) is 6.92 Å². The van der Waals surface area contributed by atoms with Crippen LogP contribution in [0, 0.1) is 6.92 Å². The van der Waals surface area contributed by atoms with Crippen molar-refractivity contribution in [1.82, 2.24) is 14.4 Å². The molecule has 2 rings (SSSR count). The van der Waals surface area contributed by atoms with Crippen molar-refractivity contribution in [2.45, 2.75) is 6.92 Å². The summed E-state index contributed by atoms with van der Waals surface area (Å²) in [4.78, 5) is 18.5. The number of aryl methyl sites for hydroxylation is 1. The molecule has 5 heteroatoms. The molecule has 66 valence electrons. The van der Waals surface area contributed by atoms with Crippen LogP contribution >= 0.6 is 0 Å². The summed E-state index contributed by atoms with van der Waals surface area (Å²) >= 11 is 0. The Bertz CT molecular complexity index is 475. The Morgan fingerprint density at radius 1 is 1.62 bits per heavy atom. The van der Waals surface area contributed by atoms with Crippen LogP contribution in [0.2, 0.25) is 0 Å². The second-order valence-corrected chi connectivity index (χ2v) is 2.68. The van der Waals surface area contributed by atoms with Crippen LogP contribution in [-0.4, -0.2) is 25.4 Å². The van der Waals surface area contributed by atoms with Crippen LogP contribution in [-0.2, 0) is 0 Å². The lowest BCUT2D eigenvalue weighted by Crippen LogP contribution is -2.03. The first kappa shape index (κ1) is 7.72. The molecule has 0 amide bonds. The minimum absolute atomic E-state index is 0.0116. The van der Waals surface area contributed by atoms with Gasteiger partial charge in [-0.2, -0.15) is 0 Å². The van der Waals surface area contributed by atoms with Gasteiger partial charge in [0.15, 0.2) is 5.65 Å². The Kier molecular flexibility index (Phi) is 1.51. The first-order chi connectivity index (χ1) is 6.18. The van der Waals surface area contributed by atoms with Gasteiger partial charge in [0.2, 0.25) is 5.82 Å². The van der Waals surface area contributed by atoms with Crippen molar-refractivity contribution in [2.75, 3.05) is 0 Å². The molecular weight excluding hydrogens is 170 g/mol. The highest BCUT2D eigenvalue weighted by molar-refractivity contribution is 5.84. The van der Waals surface area contributed by atoms with E-state index in [0.29, 0.717) is 5.65 Å². The fourth-order valence-electron chi connectivity index (χ4n) is 1.14. The van der Waals surface area contributed by atoms with Gasteiger partial charge >= 0.3 is 5.97 Å². The number of carbonyl (C=O) groups is 1. The summed E-state index contributed by atoms with van der Waals surface area (Å²) in [6.07, 6.45) is 3.09. The van der Waals surface area contributed by atoms with Crippen LogP contribution in [0.25, 0.3) is 5.65 Å². The van der Waals surface area contributed by atoms with E-state index in [1.165, 1.54) is 10.6 Å². The van der Waals surface area contributed by atoms with E-state index >= 15 is 0 Å². The summed E-state index contributed by atoms with van der Waals surface area (Å²) in [6, 6.07) is 1.74. The van der Waals surface area contributed by atoms with Gasteiger partial charge in [0.05, 0.1) is 6.20 Å². The molecule has 1 N–H and O–H groups in total. The van der Waals surface area contributed by atoms with E-state index in [4.69, 9.17) is 5.11 Å². The Hall–Kier alpha value is -1.91. The molecule has 0 atom stereocenters. The fraction of sp³-hybridized carbons (Fsp3) is 0.125. The van der Waals surface area contributed by atoms with Crippen LogP contribution in [0.1, 0.15) is 16.3 Å². The molecule has 0 unspecified atom stereocenters. The maximum Gasteiger partial charge on any atom is 0.372 e. The van der Waals surface area contributed by atoms with Gasteiger partial charge in [0.25, 0.3) is 0 Å². The highest BCUT2D eigenvalue weighted by atomic mass is 16.4. The topological polar surface area (TPSA) is 67.5 Å². The van der Waals surface area contributed by atoms with Gasteiger partial charge in [0.1, 0.15) is 0 Å². The van der Waals surface area contributed by atoms with Gasteiger partial charge in [-0.05, 0) is 13.0 Å². The van der Waals surface area contributed by atoms with Crippen molar-refractivity contribution >= 4 is 11.6 Å². The fourth-order valence-corrected chi connectivity index (χ4v) is 1.14. The van der Waals surface area contributed by atoms with Crippen LogP contribution in [0.5, 0.6) is 0 Å². The lowest BCUT2D eigenvalue weighted by molar-refractivity contribution is 0.0683. The maximum absolute atomic E-state index is 10.6. The molecule has 0 aliphatic rings. The number of carboxylic acid groups (broad SMARTS) is 1. The number of nitrogens with zero attached hydrogens (tertiary/aromatic N) is 3. The normalized spacial score (nSPS) is 10.5. The zero-order valence-electron chi connectivity index (χ0n) is 6.93. The quantitative estimate of drug-likeness (QED) is 0.697. The van der Waals surface area contributed by atoms with E-state index < -0.39 is 5.97 Å². The summed E-state index contributed by atoms with van der Waals surface area (Å²) in [5.41, 5.74) is 1.39. The predicted molar refractivity (Wildman–Crippen MR) is 44.7 cm³/mol. The number of rotatable bonds is 1. The summed E-state index contributed by atoms with van der Waals surface area (Å²) in [7, 11) is 0. The first-order valence-corrected chi connectivity index (χ1v) is 3.72. The first-order valence-electron chi connectivity index (χ1n) is 3.72. The molecule has 0 saturated carbocycles. The molecule has 0 bridgehead atoms.